The van der Waals surface area contributed by atoms with Gasteiger partial charge >= 0.3 is 0 Å². The van der Waals surface area contributed by atoms with Gasteiger partial charge in [0.1, 0.15) is 5.58 Å². The predicted octanol–water partition coefficient (Wildman–Crippen LogP) is 4.37. The highest BCUT2D eigenvalue weighted by molar-refractivity contribution is 5.77. The van der Waals surface area contributed by atoms with Crippen molar-refractivity contribution >= 4 is 11.0 Å². The van der Waals surface area contributed by atoms with E-state index in [1.807, 2.05) is 54.7 Å². The standard InChI is InChI=1S/C25H23N3O2/c1-2-17-8-9-23-21(12-17)24(29)20(16-30-23)15-28-11-10-22-19(14-28)13-26-25(27-22)18-6-4-3-5-7-18/h3-9,12-13,16H,2,10-11,14-15H2,1H3. The topological polar surface area (TPSA) is 59.2 Å². The molecule has 0 atom stereocenters. The number of aromatic nitrogens is 2. The fourth-order valence-electron chi connectivity index (χ4n) is 4.02. The largest absolute Gasteiger partial charge is 0.464 e. The van der Waals surface area contributed by atoms with Crippen molar-refractivity contribution in [1.82, 2.24) is 14.9 Å². The van der Waals surface area contributed by atoms with Gasteiger partial charge < -0.3 is 4.42 Å². The van der Waals surface area contributed by atoms with Crippen molar-refractivity contribution in [2.75, 3.05) is 6.54 Å². The Bertz CT molecular complexity index is 1260. The first kappa shape index (κ1) is 18.7. The molecule has 0 fully saturated rings. The van der Waals surface area contributed by atoms with Crippen LogP contribution in [0.25, 0.3) is 22.4 Å². The van der Waals surface area contributed by atoms with E-state index in [1.54, 1.807) is 6.26 Å². The van der Waals surface area contributed by atoms with E-state index in [0.717, 1.165) is 54.1 Å². The summed E-state index contributed by atoms with van der Waals surface area (Å²) in [6.07, 6.45) is 5.28. The van der Waals surface area contributed by atoms with Crippen molar-refractivity contribution in [3.8, 4) is 11.4 Å². The minimum Gasteiger partial charge on any atom is -0.464 e. The zero-order valence-corrected chi connectivity index (χ0v) is 17.0. The van der Waals surface area contributed by atoms with Gasteiger partial charge in [0.2, 0.25) is 0 Å². The summed E-state index contributed by atoms with van der Waals surface area (Å²) in [6.45, 7) is 4.24. The lowest BCUT2D eigenvalue weighted by atomic mass is 10.0. The van der Waals surface area contributed by atoms with Gasteiger partial charge in [-0.15, -0.1) is 0 Å². The van der Waals surface area contributed by atoms with Crippen LogP contribution in [-0.4, -0.2) is 21.4 Å². The zero-order valence-electron chi connectivity index (χ0n) is 17.0. The molecular weight excluding hydrogens is 374 g/mol. The van der Waals surface area contributed by atoms with E-state index < -0.39 is 0 Å². The minimum atomic E-state index is 0.0630. The zero-order chi connectivity index (χ0) is 20.5. The molecule has 0 N–H and O–H groups in total. The molecule has 0 saturated carbocycles. The average molecular weight is 397 g/mol. The van der Waals surface area contributed by atoms with Crippen molar-refractivity contribution in [3.63, 3.8) is 0 Å². The van der Waals surface area contributed by atoms with Crippen LogP contribution in [0.4, 0.5) is 0 Å². The summed E-state index contributed by atoms with van der Waals surface area (Å²) in [6, 6.07) is 15.9. The third-order valence-corrected chi connectivity index (χ3v) is 5.76. The maximum atomic E-state index is 13.0. The quantitative estimate of drug-likeness (QED) is 0.512. The first-order valence-electron chi connectivity index (χ1n) is 10.4. The second-order valence-corrected chi connectivity index (χ2v) is 7.77. The van der Waals surface area contributed by atoms with Gasteiger partial charge in [0.25, 0.3) is 0 Å². The molecule has 2 aromatic carbocycles. The molecule has 1 aliphatic rings. The van der Waals surface area contributed by atoms with Crippen molar-refractivity contribution in [1.29, 1.82) is 0 Å². The number of fused-ring (bicyclic) bond motifs is 2. The van der Waals surface area contributed by atoms with Gasteiger partial charge in [-0.3, -0.25) is 9.69 Å². The summed E-state index contributed by atoms with van der Waals surface area (Å²) in [5.74, 6) is 0.768. The fraction of sp³-hybridized carbons (Fsp3) is 0.240. The maximum absolute atomic E-state index is 13.0. The number of hydrogen-bond acceptors (Lipinski definition) is 5. The van der Waals surface area contributed by atoms with Crippen LogP contribution in [0, 0.1) is 0 Å². The summed E-state index contributed by atoms with van der Waals surface area (Å²) in [5.41, 5.74) is 5.80. The van der Waals surface area contributed by atoms with Crippen molar-refractivity contribution in [2.24, 2.45) is 0 Å². The average Bonchev–Trinajstić information content (AvgIpc) is 2.81. The smallest absolute Gasteiger partial charge is 0.197 e. The molecule has 0 aliphatic carbocycles. The number of nitrogens with zero attached hydrogens (tertiary/aromatic N) is 3. The molecule has 0 radical (unpaired) electrons. The molecule has 0 saturated heterocycles. The van der Waals surface area contributed by atoms with Gasteiger partial charge in [0.05, 0.1) is 17.3 Å². The molecule has 1 aliphatic heterocycles. The van der Waals surface area contributed by atoms with Gasteiger partial charge in [-0.05, 0) is 24.1 Å². The van der Waals surface area contributed by atoms with E-state index in [2.05, 4.69) is 16.8 Å². The highest BCUT2D eigenvalue weighted by Gasteiger charge is 2.20. The Morgan fingerprint density at radius 3 is 2.83 bits per heavy atom. The predicted molar refractivity (Wildman–Crippen MR) is 117 cm³/mol. The molecule has 5 heteroatoms. The van der Waals surface area contributed by atoms with Crippen LogP contribution in [0.2, 0.25) is 0 Å². The molecule has 0 amide bonds. The van der Waals surface area contributed by atoms with Crippen LogP contribution in [0.3, 0.4) is 0 Å². The normalized spacial score (nSPS) is 14.0. The highest BCUT2D eigenvalue weighted by atomic mass is 16.3. The second-order valence-electron chi connectivity index (χ2n) is 7.77. The van der Waals surface area contributed by atoms with Gasteiger partial charge in [0, 0.05) is 48.9 Å². The first-order valence-corrected chi connectivity index (χ1v) is 10.4. The SMILES string of the molecule is CCc1ccc2occ(CN3CCc4nc(-c5ccccc5)ncc4C3)c(=O)c2c1. The van der Waals surface area contributed by atoms with Crippen LogP contribution in [0.5, 0.6) is 0 Å². The summed E-state index contributed by atoms with van der Waals surface area (Å²) < 4.78 is 5.75. The second kappa shape index (κ2) is 7.84. The number of rotatable bonds is 4. The van der Waals surface area contributed by atoms with Crippen molar-refractivity contribution in [3.05, 3.63) is 93.6 Å². The molecule has 5 rings (SSSR count). The van der Waals surface area contributed by atoms with Gasteiger partial charge in [-0.25, -0.2) is 9.97 Å². The Hall–Kier alpha value is -3.31. The van der Waals surface area contributed by atoms with Crippen LogP contribution in [0.15, 0.2) is 70.2 Å². The third kappa shape index (κ3) is 3.53. The molecule has 150 valence electrons. The van der Waals surface area contributed by atoms with Gasteiger partial charge in [-0.1, -0.05) is 43.3 Å². The molecule has 2 aromatic heterocycles. The minimum absolute atomic E-state index is 0.0630. The van der Waals surface area contributed by atoms with E-state index >= 15 is 0 Å². The first-order chi connectivity index (χ1) is 14.7. The summed E-state index contributed by atoms with van der Waals surface area (Å²) in [7, 11) is 0. The molecule has 0 spiro atoms. The molecule has 30 heavy (non-hydrogen) atoms. The fourth-order valence-corrected chi connectivity index (χ4v) is 4.02. The lowest BCUT2D eigenvalue weighted by molar-refractivity contribution is 0.240. The highest BCUT2D eigenvalue weighted by Crippen LogP contribution is 2.22. The molecular formula is C25H23N3O2. The third-order valence-electron chi connectivity index (χ3n) is 5.76. The van der Waals surface area contributed by atoms with Crippen LogP contribution < -0.4 is 5.43 Å². The monoisotopic (exact) mass is 397 g/mol. The Morgan fingerprint density at radius 2 is 2.00 bits per heavy atom. The van der Waals surface area contributed by atoms with Gasteiger partial charge in [-0.2, -0.15) is 0 Å². The molecule has 3 heterocycles. The van der Waals surface area contributed by atoms with E-state index in [-0.39, 0.29) is 5.43 Å². The van der Waals surface area contributed by atoms with Crippen LogP contribution in [-0.2, 0) is 25.9 Å². The van der Waals surface area contributed by atoms with E-state index in [0.29, 0.717) is 23.1 Å². The Balaban J connectivity index is 1.38. The summed E-state index contributed by atoms with van der Waals surface area (Å²) in [4.78, 5) is 24.6. The van der Waals surface area contributed by atoms with Crippen molar-refractivity contribution in [2.45, 2.75) is 32.9 Å². The van der Waals surface area contributed by atoms with E-state index in [1.165, 1.54) is 0 Å². The molecule has 5 nitrogen and oxygen atoms in total. The summed E-state index contributed by atoms with van der Waals surface area (Å²) in [5, 5.41) is 0.667. The number of benzene rings is 2. The Kier molecular flexibility index (Phi) is 4.89. The lowest BCUT2D eigenvalue weighted by Gasteiger charge is -2.27. The van der Waals surface area contributed by atoms with E-state index in [9.17, 15) is 4.79 Å². The van der Waals surface area contributed by atoms with E-state index in [4.69, 9.17) is 9.40 Å². The Labute approximate surface area is 175 Å². The summed E-state index contributed by atoms with van der Waals surface area (Å²) >= 11 is 0. The molecule has 4 aromatic rings. The van der Waals surface area contributed by atoms with Crippen LogP contribution in [0.1, 0.15) is 29.3 Å². The number of aryl methyl sites for hydroxylation is 1. The molecule has 0 unspecified atom stereocenters. The van der Waals surface area contributed by atoms with Crippen molar-refractivity contribution < 1.29 is 4.42 Å². The van der Waals surface area contributed by atoms with Crippen LogP contribution >= 0.6 is 0 Å². The lowest BCUT2D eigenvalue weighted by Crippen LogP contribution is -2.32. The van der Waals surface area contributed by atoms with Gasteiger partial charge in [0.15, 0.2) is 11.3 Å². The number of hydrogen-bond donors (Lipinski definition) is 0. The molecule has 0 bridgehead atoms. The maximum Gasteiger partial charge on any atom is 0.197 e. The Morgan fingerprint density at radius 1 is 1.13 bits per heavy atom.